The molecular formula is C5H14NO2+. The Morgan fingerprint density at radius 2 is 2.38 bits per heavy atom. The SMILES string of the molecule is CCOC[C@H](O)C[NH3+]. The smallest absolute Gasteiger partial charge is 0.126 e. The van der Waals surface area contributed by atoms with Crippen LogP contribution in [0.3, 0.4) is 0 Å². The van der Waals surface area contributed by atoms with Crippen LogP contribution in [0.5, 0.6) is 0 Å². The van der Waals surface area contributed by atoms with E-state index in [-0.39, 0.29) is 6.10 Å². The average Bonchev–Trinajstić information content (AvgIpc) is 1.83. The molecule has 3 heteroatoms. The zero-order valence-corrected chi connectivity index (χ0v) is 5.26. The van der Waals surface area contributed by atoms with E-state index >= 15 is 0 Å². The number of quaternary nitrogens is 1. The zero-order valence-electron chi connectivity index (χ0n) is 5.26. The molecule has 0 aliphatic heterocycles. The summed E-state index contributed by atoms with van der Waals surface area (Å²) in [7, 11) is 0. The molecular weight excluding hydrogens is 106 g/mol. The van der Waals surface area contributed by atoms with Crippen LogP contribution < -0.4 is 5.73 Å². The van der Waals surface area contributed by atoms with E-state index in [9.17, 15) is 0 Å². The maximum absolute atomic E-state index is 8.80. The number of hydrogen-bond acceptors (Lipinski definition) is 2. The van der Waals surface area contributed by atoms with Gasteiger partial charge in [0.1, 0.15) is 12.6 Å². The molecule has 0 amide bonds. The first-order valence-corrected chi connectivity index (χ1v) is 2.86. The summed E-state index contributed by atoms with van der Waals surface area (Å²) >= 11 is 0. The maximum Gasteiger partial charge on any atom is 0.126 e. The van der Waals surface area contributed by atoms with Crippen molar-refractivity contribution in [2.45, 2.75) is 13.0 Å². The van der Waals surface area contributed by atoms with Crippen LogP contribution in [0.1, 0.15) is 6.92 Å². The Labute approximate surface area is 49.4 Å². The molecule has 8 heavy (non-hydrogen) atoms. The normalized spacial score (nSPS) is 13.9. The first-order valence-electron chi connectivity index (χ1n) is 2.86. The van der Waals surface area contributed by atoms with Crippen molar-refractivity contribution in [3.05, 3.63) is 0 Å². The van der Waals surface area contributed by atoms with Crippen molar-refractivity contribution in [1.82, 2.24) is 0 Å². The Morgan fingerprint density at radius 1 is 1.75 bits per heavy atom. The van der Waals surface area contributed by atoms with Gasteiger partial charge in [0.15, 0.2) is 0 Å². The number of hydrogen-bond donors (Lipinski definition) is 2. The Morgan fingerprint density at radius 3 is 2.75 bits per heavy atom. The van der Waals surface area contributed by atoms with Crippen LogP contribution in [0.2, 0.25) is 0 Å². The lowest BCUT2D eigenvalue weighted by molar-refractivity contribution is -0.385. The summed E-state index contributed by atoms with van der Waals surface area (Å²) in [4.78, 5) is 0. The van der Waals surface area contributed by atoms with Gasteiger partial charge >= 0.3 is 0 Å². The molecule has 0 unspecified atom stereocenters. The molecule has 4 N–H and O–H groups in total. The molecule has 0 saturated carbocycles. The first kappa shape index (κ1) is 7.88. The fourth-order valence-electron chi connectivity index (χ4n) is 0.337. The standard InChI is InChI=1S/C5H13NO2/c1-2-8-4-5(7)3-6/h5,7H,2-4,6H2,1H3/p+1/t5-/m1/s1. The Balaban J connectivity index is 2.86. The van der Waals surface area contributed by atoms with Gasteiger partial charge in [0.2, 0.25) is 0 Å². The van der Waals surface area contributed by atoms with Crippen molar-refractivity contribution in [1.29, 1.82) is 0 Å². The monoisotopic (exact) mass is 120 g/mol. The molecule has 0 saturated heterocycles. The van der Waals surface area contributed by atoms with E-state index in [1.807, 2.05) is 6.92 Å². The van der Waals surface area contributed by atoms with Gasteiger partial charge in [-0.25, -0.2) is 0 Å². The average molecular weight is 120 g/mol. The summed E-state index contributed by atoms with van der Waals surface area (Å²) < 4.78 is 4.90. The molecule has 0 aromatic carbocycles. The topological polar surface area (TPSA) is 57.1 Å². The molecule has 0 spiro atoms. The summed E-state index contributed by atoms with van der Waals surface area (Å²) in [5.74, 6) is 0. The summed E-state index contributed by atoms with van der Waals surface area (Å²) in [6, 6.07) is 0. The molecule has 0 heterocycles. The summed E-state index contributed by atoms with van der Waals surface area (Å²) in [6.45, 7) is 3.51. The molecule has 0 bridgehead atoms. The Bertz CT molecular complexity index is 49.7. The van der Waals surface area contributed by atoms with Gasteiger partial charge in [-0.15, -0.1) is 0 Å². The van der Waals surface area contributed by atoms with Gasteiger partial charge in [-0.2, -0.15) is 0 Å². The highest BCUT2D eigenvalue weighted by Crippen LogP contribution is 1.78. The van der Waals surface area contributed by atoms with E-state index in [0.29, 0.717) is 19.8 Å². The highest BCUT2D eigenvalue weighted by atomic mass is 16.5. The van der Waals surface area contributed by atoms with E-state index < -0.39 is 0 Å². The number of ether oxygens (including phenoxy) is 1. The van der Waals surface area contributed by atoms with Gasteiger partial charge in [-0.3, -0.25) is 0 Å². The van der Waals surface area contributed by atoms with Crippen molar-refractivity contribution < 1.29 is 15.6 Å². The Hall–Kier alpha value is -0.120. The predicted molar refractivity (Wildman–Crippen MR) is 30.3 cm³/mol. The van der Waals surface area contributed by atoms with E-state index in [1.165, 1.54) is 0 Å². The van der Waals surface area contributed by atoms with Gasteiger partial charge < -0.3 is 15.6 Å². The number of aliphatic hydroxyl groups excluding tert-OH is 1. The van der Waals surface area contributed by atoms with E-state index in [4.69, 9.17) is 9.84 Å². The second-order valence-corrected chi connectivity index (χ2v) is 1.60. The minimum Gasteiger partial charge on any atom is -0.385 e. The van der Waals surface area contributed by atoms with Crippen LogP contribution in [0.25, 0.3) is 0 Å². The second-order valence-electron chi connectivity index (χ2n) is 1.60. The molecule has 0 aromatic heterocycles. The number of aliphatic hydroxyl groups is 1. The fourth-order valence-corrected chi connectivity index (χ4v) is 0.337. The van der Waals surface area contributed by atoms with Crippen LogP contribution >= 0.6 is 0 Å². The molecule has 0 fully saturated rings. The first-order chi connectivity index (χ1) is 3.81. The van der Waals surface area contributed by atoms with Gasteiger partial charge in [0.25, 0.3) is 0 Å². The van der Waals surface area contributed by atoms with Crippen molar-refractivity contribution in [3.63, 3.8) is 0 Å². The summed E-state index contributed by atoms with van der Waals surface area (Å²) in [6.07, 6.45) is -0.380. The van der Waals surface area contributed by atoms with Crippen molar-refractivity contribution >= 4 is 0 Å². The lowest BCUT2D eigenvalue weighted by Crippen LogP contribution is -2.56. The molecule has 0 aliphatic carbocycles. The number of rotatable bonds is 4. The second kappa shape index (κ2) is 5.03. The predicted octanol–water partition coefficient (Wildman–Crippen LogP) is -1.37. The third kappa shape index (κ3) is 4.05. The van der Waals surface area contributed by atoms with Crippen LogP contribution in [-0.4, -0.2) is 31.0 Å². The van der Waals surface area contributed by atoms with Crippen LogP contribution in [-0.2, 0) is 4.74 Å². The van der Waals surface area contributed by atoms with Gasteiger partial charge in [-0.1, -0.05) is 0 Å². The third-order valence-corrected chi connectivity index (χ3v) is 0.848. The van der Waals surface area contributed by atoms with E-state index in [1.54, 1.807) is 0 Å². The molecule has 3 nitrogen and oxygen atoms in total. The lowest BCUT2D eigenvalue weighted by Gasteiger charge is -2.03. The van der Waals surface area contributed by atoms with Crippen LogP contribution in [0, 0.1) is 0 Å². The largest absolute Gasteiger partial charge is 0.385 e. The van der Waals surface area contributed by atoms with Crippen molar-refractivity contribution in [2.24, 2.45) is 0 Å². The molecule has 0 radical (unpaired) electrons. The molecule has 1 atom stereocenters. The molecule has 50 valence electrons. The highest BCUT2D eigenvalue weighted by Gasteiger charge is 1.99. The molecule has 0 rings (SSSR count). The van der Waals surface area contributed by atoms with E-state index in [0.717, 1.165) is 0 Å². The van der Waals surface area contributed by atoms with Gasteiger partial charge in [-0.05, 0) is 6.92 Å². The minimum atomic E-state index is -0.380. The molecule has 0 aromatic rings. The third-order valence-electron chi connectivity index (χ3n) is 0.848. The lowest BCUT2D eigenvalue weighted by atomic mass is 10.4. The summed E-state index contributed by atoms with van der Waals surface area (Å²) in [5, 5.41) is 8.80. The van der Waals surface area contributed by atoms with Crippen molar-refractivity contribution in [2.75, 3.05) is 19.8 Å². The fraction of sp³-hybridized carbons (Fsp3) is 1.00. The quantitative estimate of drug-likeness (QED) is 0.480. The summed E-state index contributed by atoms with van der Waals surface area (Å²) in [5.41, 5.74) is 3.51. The highest BCUT2D eigenvalue weighted by molar-refractivity contribution is 4.45. The zero-order chi connectivity index (χ0) is 6.41. The van der Waals surface area contributed by atoms with Gasteiger partial charge in [0.05, 0.1) is 6.61 Å². The van der Waals surface area contributed by atoms with Crippen molar-refractivity contribution in [3.8, 4) is 0 Å². The van der Waals surface area contributed by atoms with E-state index in [2.05, 4.69) is 5.73 Å². The maximum atomic E-state index is 8.80. The Kier molecular flexibility index (Phi) is 4.95. The molecule has 0 aliphatic rings. The van der Waals surface area contributed by atoms with Crippen LogP contribution in [0.15, 0.2) is 0 Å². The van der Waals surface area contributed by atoms with Gasteiger partial charge in [0, 0.05) is 6.61 Å². The van der Waals surface area contributed by atoms with Crippen LogP contribution in [0.4, 0.5) is 0 Å². The minimum absolute atomic E-state index is 0.380.